The van der Waals surface area contributed by atoms with Gasteiger partial charge < -0.3 is 20.5 Å². The van der Waals surface area contributed by atoms with Crippen LogP contribution in [0.3, 0.4) is 0 Å². The summed E-state index contributed by atoms with van der Waals surface area (Å²) in [5.41, 5.74) is -1.32. The number of pyridine rings is 1. The highest BCUT2D eigenvalue weighted by molar-refractivity contribution is 7.51. The Bertz CT molecular complexity index is 1220. The molecule has 1 saturated carbocycles. The van der Waals surface area contributed by atoms with E-state index in [-0.39, 0.29) is 47.3 Å². The Morgan fingerprint density at radius 3 is 2.41 bits per heavy atom. The van der Waals surface area contributed by atoms with Crippen molar-refractivity contribution in [2.24, 2.45) is 5.92 Å². The molecule has 41 heavy (non-hydrogen) atoms. The number of rotatable bonds is 10. The third-order valence-corrected chi connectivity index (χ3v) is 7.01. The van der Waals surface area contributed by atoms with Gasteiger partial charge in [-0.05, 0) is 44.9 Å². The molecule has 1 aliphatic carbocycles. The smallest absolute Gasteiger partial charge is 0.408 e. The van der Waals surface area contributed by atoms with Crippen molar-refractivity contribution < 1.29 is 45.0 Å². The van der Waals surface area contributed by atoms with Crippen LogP contribution in [0.4, 0.5) is 27.8 Å². The van der Waals surface area contributed by atoms with Crippen LogP contribution in [0.5, 0.6) is 5.75 Å². The van der Waals surface area contributed by atoms with Crippen LogP contribution in [0, 0.1) is 5.92 Å². The topological polar surface area (TPSA) is 135 Å². The number of hydrogen-bond acceptors (Lipinski definition) is 8. The van der Waals surface area contributed by atoms with Crippen molar-refractivity contribution in [2.45, 2.75) is 83.9 Å². The summed E-state index contributed by atoms with van der Waals surface area (Å²) in [7, 11) is 0. The van der Waals surface area contributed by atoms with E-state index in [0.29, 0.717) is 18.8 Å². The van der Waals surface area contributed by atoms with Crippen LogP contribution in [0.25, 0.3) is 11.3 Å². The van der Waals surface area contributed by atoms with Crippen LogP contribution in [0.2, 0.25) is 5.02 Å². The molecule has 230 valence electrons. The first-order valence-electron chi connectivity index (χ1n) is 12.7. The Morgan fingerprint density at radius 1 is 1.29 bits per heavy atom. The summed E-state index contributed by atoms with van der Waals surface area (Å²) < 4.78 is 88.5. The largest absolute Gasteiger partial charge is 0.434 e. The van der Waals surface area contributed by atoms with Gasteiger partial charge in [-0.2, -0.15) is 35.5 Å². The zero-order valence-corrected chi connectivity index (χ0v) is 24.0. The number of halogens is 6. The van der Waals surface area contributed by atoms with Crippen molar-refractivity contribution >= 4 is 34.9 Å². The second-order valence-electron chi connectivity index (χ2n) is 9.58. The third kappa shape index (κ3) is 9.33. The molecule has 2 heterocycles. The van der Waals surface area contributed by atoms with E-state index < -0.39 is 47.7 Å². The maximum Gasteiger partial charge on any atom is 0.408 e. The van der Waals surface area contributed by atoms with Gasteiger partial charge in [0.1, 0.15) is 17.6 Å². The third-order valence-electron chi connectivity index (χ3n) is 6.65. The SMILES string of the molecule is CC[C@@H](Nc1cc(OC(F)F)c(-c2c(Cl)c(C(=O)NCC3(O)CCC(C)CC3)nn2CC)cn1)C(F)(F)F.O=S=O. The van der Waals surface area contributed by atoms with Crippen molar-refractivity contribution in [2.75, 3.05) is 11.9 Å². The van der Waals surface area contributed by atoms with Crippen molar-refractivity contribution in [1.82, 2.24) is 20.1 Å². The van der Waals surface area contributed by atoms with E-state index in [1.54, 1.807) is 6.92 Å². The monoisotopic (exact) mass is 631 g/mol. The van der Waals surface area contributed by atoms with Crippen LogP contribution in [0.1, 0.15) is 63.4 Å². The summed E-state index contributed by atoms with van der Waals surface area (Å²) in [6.45, 7) is 1.95. The molecule has 0 unspecified atom stereocenters. The summed E-state index contributed by atoms with van der Waals surface area (Å²) in [5.74, 6) is -1.01. The Hall–Kier alpha value is -2.85. The van der Waals surface area contributed by atoms with Crippen LogP contribution >= 0.6 is 11.6 Å². The minimum absolute atomic E-state index is 0.0112. The van der Waals surface area contributed by atoms with Gasteiger partial charge in [-0.1, -0.05) is 25.4 Å². The van der Waals surface area contributed by atoms with E-state index in [9.17, 15) is 31.9 Å². The predicted octanol–water partition coefficient (Wildman–Crippen LogP) is 4.97. The standard InChI is InChI=1S/C24H31ClF5N5O3.O2S/c1-4-16(24(28,29)30)33-17-10-15(38-22(26)27)14(11-31-17)20-18(25)19(34-35(20)5-2)21(36)32-12-23(37)8-6-13(3)7-9-23;1-3-2/h10-11,13,16,22,37H,4-9,12H2,1-3H3,(H,31,33)(H,32,36);/t13?,16-,23?;/m1./s1. The van der Waals surface area contributed by atoms with E-state index in [0.717, 1.165) is 25.1 Å². The molecular formula is C24H31ClF5N5O5S. The average molecular weight is 632 g/mol. The molecule has 2 aromatic rings. The fourth-order valence-electron chi connectivity index (χ4n) is 4.36. The molecule has 1 fully saturated rings. The molecule has 3 rings (SSSR count). The van der Waals surface area contributed by atoms with Crippen LogP contribution in [-0.2, 0) is 18.1 Å². The predicted molar refractivity (Wildman–Crippen MR) is 140 cm³/mol. The molecule has 0 aliphatic heterocycles. The van der Waals surface area contributed by atoms with Crippen LogP contribution in [-0.4, -0.2) is 65.2 Å². The highest BCUT2D eigenvalue weighted by Crippen LogP contribution is 2.39. The molecule has 10 nitrogen and oxygen atoms in total. The van der Waals surface area contributed by atoms with Crippen molar-refractivity contribution in [3.8, 4) is 17.0 Å². The molecule has 17 heteroatoms. The zero-order chi connectivity index (χ0) is 31.0. The second kappa shape index (κ2) is 14.9. The first-order valence-corrected chi connectivity index (χ1v) is 13.7. The van der Waals surface area contributed by atoms with Crippen molar-refractivity contribution in [3.63, 3.8) is 0 Å². The lowest BCUT2D eigenvalue weighted by molar-refractivity contribution is -0.142. The van der Waals surface area contributed by atoms with E-state index in [2.05, 4.69) is 32.4 Å². The van der Waals surface area contributed by atoms with E-state index in [1.165, 1.54) is 11.6 Å². The second-order valence-corrected chi connectivity index (χ2v) is 10.1. The lowest BCUT2D eigenvalue weighted by atomic mass is 9.79. The van der Waals surface area contributed by atoms with Gasteiger partial charge in [-0.25, -0.2) is 4.98 Å². The maximum absolute atomic E-state index is 13.2. The van der Waals surface area contributed by atoms with Gasteiger partial charge in [0.2, 0.25) is 0 Å². The van der Waals surface area contributed by atoms with Gasteiger partial charge >= 0.3 is 24.4 Å². The van der Waals surface area contributed by atoms with E-state index in [1.807, 2.05) is 0 Å². The van der Waals surface area contributed by atoms with Crippen molar-refractivity contribution in [3.05, 3.63) is 23.0 Å². The quantitative estimate of drug-likeness (QED) is 0.313. The van der Waals surface area contributed by atoms with Gasteiger partial charge in [-0.15, -0.1) is 0 Å². The molecular weight excluding hydrogens is 601 g/mol. The zero-order valence-electron chi connectivity index (χ0n) is 22.4. The summed E-state index contributed by atoms with van der Waals surface area (Å²) in [6, 6.07) is -1.04. The van der Waals surface area contributed by atoms with Gasteiger partial charge in [-0.3, -0.25) is 9.48 Å². The number of anilines is 1. The number of amides is 1. The van der Waals surface area contributed by atoms with Gasteiger partial charge in [0, 0.05) is 25.4 Å². The molecule has 0 saturated heterocycles. The van der Waals surface area contributed by atoms with E-state index in [4.69, 9.17) is 20.0 Å². The Labute approximate surface area is 241 Å². The lowest BCUT2D eigenvalue weighted by Gasteiger charge is -2.34. The summed E-state index contributed by atoms with van der Waals surface area (Å²) in [4.78, 5) is 16.9. The van der Waals surface area contributed by atoms with Gasteiger partial charge in [0.15, 0.2) is 5.69 Å². The number of aryl methyl sites for hydroxylation is 1. The summed E-state index contributed by atoms with van der Waals surface area (Å²) in [5, 5.41) is 19.6. The molecule has 1 amide bonds. The van der Waals surface area contributed by atoms with Gasteiger partial charge in [0.25, 0.3) is 5.91 Å². The normalized spacial score (nSPS) is 19.6. The number of aromatic nitrogens is 3. The highest BCUT2D eigenvalue weighted by Gasteiger charge is 2.39. The minimum atomic E-state index is -4.59. The highest BCUT2D eigenvalue weighted by atomic mass is 35.5. The Morgan fingerprint density at radius 2 is 1.90 bits per heavy atom. The number of ether oxygens (including phenoxy) is 1. The Balaban J connectivity index is 0.00000187. The fraction of sp³-hybridized carbons (Fsp3) is 0.625. The molecule has 2 aromatic heterocycles. The summed E-state index contributed by atoms with van der Waals surface area (Å²) in [6.07, 6.45) is -1.16. The lowest BCUT2D eigenvalue weighted by Crippen LogP contribution is -2.45. The number of carbonyl (C=O) groups is 1. The number of carbonyl (C=O) groups excluding carboxylic acids is 1. The van der Waals surface area contributed by atoms with Crippen LogP contribution < -0.4 is 15.4 Å². The Kier molecular flexibility index (Phi) is 12.5. The number of nitrogens with one attached hydrogen (secondary N) is 2. The number of aliphatic hydroxyl groups is 1. The van der Waals surface area contributed by atoms with Crippen LogP contribution in [0.15, 0.2) is 12.3 Å². The van der Waals surface area contributed by atoms with Crippen molar-refractivity contribution in [1.29, 1.82) is 0 Å². The number of nitrogens with zero attached hydrogens (tertiary/aromatic N) is 3. The maximum atomic E-state index is 13.2. The number of alkyl halides is 5. The molecule has 1 atom stereocenters. The molecule has 3 N–H and O–H groups in total. The first kappa shape index (κ1) is 34.4. The van der Waals surface area contributed by atoms with Gasteiger partial charge in [0.05, 0.1) is 21.9 Å². The molecule has 0 aromatic carbocycles. The summed E-state index contributed by atoms with van der Waals surface area (Å²) >= 11 is 5.74. The molecule has 0 bridgehead atoms. The average Bonchev–Trinajstić information content (AvgIpc) is 3.23. The number of hydrogen-bond donors (Lipinski definition) is 3. The molecule has 1 aliphatic rings. The van der Waals surface area contributed by atoms with E-state index >= 15 is 0 Å². The molecule has 0 radical (unpaired) electrons. The first-order chi connectivity index (χ1) is 19.2. The minimum Gasteiger partial charge on any atom is -0.434 e. The fourth-order valence-corrected chi connectivity index (χ4v) is 4.68. The molecule has 0 spiro atoms.